The lowest BCUT2D eigenvalue weighted by molar-refractivity contribution is -0.116. The molecule has 0 fully saturated rings. The van der Waals surface area contributed by atoms with Gasteiger partial charge >= 0.3 is 0 Å². The number of amides is 1. The highest BCUT2D eigenvalue weighted by molar-refractivity contribution is 6.31. The molecular weight excluding hydrogens is 354 g/mol. The molecule has 0 radical (unpaired) electrons. The summed E-state index contributed by atoms with van der Waals surface area (Å²) < 4.78 is 5.32. The molecule has 0 aromatic carbocycles. The van der Waals surface area contributed by atoms with Crippen LogP contribution in [0.3, 0.4) is 0 Å². The van der Waals surface area contributed by atoms with Crippen LogP contribution >= 0.6 is 11.6 Å². The maximum atomic E-state index is 12.3. The van der Waals surface area contributed by atoms with Gasteiger partial charge in [-0.25, -0.2) is 0 Å². The van der Waals surface area contributed by atoms with Crippen molar-refractivity contribution in [1.82, 2.24) is 29.3 Å². The van der Waals surface area contributed by atoms with Crippen molar-refractivity contribution >= 4 is 23.2 Å². The van der Waals surface area contributed by atoms with E-state index in [0.29, 0.717) is 22.9 Å². The Bertz CT molecular complexity index is 937. The Morgan fingerprint density at radius 2 is 1.92 bits per heavy atom. The maximum Gasteiger partial charge on any atom is 0.246 e. The zero-order chi connectivity index (χ0) is 18.8. The van der Waals surface area contributed by atoms with Crippen molar-refractivity contribution < 1.29 is 4.79 Å². The predicted octanol–water partition coefficient (Wildman–Crippen LogP) is 2.56. The molecule has 1 N–H and O–H groups in total. The van der Waals surface area contributed by atoms with Gasteiger partial charge in [0.05, 0.1) is 41.0 Å². The van der Waals surface area contributed by atoms with Gasteiger partial charge in [-0.1, -0.05) is 11.6 Å². The van der Waals surface area contributed by atoms with Gasteiger partial charge in [0.2, 0.25) is 5.91 Å². The Kier molecular flexibility index (Phi) is 5.13. The summed E-state index contributed by atoms with van der Waals surface area (Å²) in [5, 5.41) is 16.3. The van der Waals surface area contributed by atoms with Crippen LogP contribution in [0.4, 0.5) is 5.69 Å². The van der Waals surface area contributed by atoms with Crippen LogP contribution in [0.5, 0.6) is 0 Å². The van der Waals surface area contributed by atoms with Crippen LogP contribution in [0.15, 0.2) is 18.6 Å². The first kappa shape index (κ1) is 18.2. The summed E-state index contributed by atoms with van der Waals surface area (Å²) in [5.74, 6) is -0.179. The zero-order valence-corrected chi connectivity index (χ0v) is 16.1. The highest BCUT2D eigenvalue weighted by Gasteiger charge is 2.13. The van der Waals surface area contributed by atoms with Crippen molar-refractivity contribution in [2.75, 3.05) is 5.32 Å². The summed E-state index contributed by atoms with van der Waals surface area (Å²) in [4.78, 5) is 12.3. The van der Waals surface area contributed by atoms with Crippen molar-refractivity contribution in [2.24, 2.45) is 0 Å². The van der Waals surface area contributed by atoms with E-state index in [9.17, 15) is 4.79 Å². The van der Waals surface area contributed by atoms with Crippen LogP contribution in [-0.4, -0.2) is 35.2 Å². The first-order valence-corrected chi connectivity index (χ1v) is 8.80. The molecule has 138 valence electrons. The van der Waals surface area contributed by atoms with E-state index in [1.807, 2.05) is 31.6 Å². The molecule has 0 saturated carbocycles. The summed E-state index contributed by atoms with van der Waals surface area (Å²) in [6.07, 6.45) is 5.28. The molecule has 0 aliphatic heterocycles. The lowest BCUT2D eigenvalue weighted by atomic mass is 10.2. The van der Waals surface area contributed by atoms with E-state index in [4.69, 9.17) is 11.6 Å². The fourth-order valence-electron chi connectivity index (χ4n) is 2.81. The molecule has 1 amide bonds. The number of aryl methyl sites for hydroxylation is 2. The van der Waals surface area contributed by atoms with Gasteiger partial charge in [-0.2, -0.15) is 15.3 Å². The second-order valence-electron chi connectivity index (χ2n) is 6.19. The number of aromatic nitrogens is 6. The molecule has 0 spiro atoms. The van der Waals surface area contributed by atoms with Crippen LogP contribution in [0.2, 0.25) is 5.02 Å². The van der Waals surface area contributed by atoms with Crippen molar-refractivity contribution in [3.8, 4) is 0 Å². The van der Waals surface area contributed by atoms with Crippen molar-refractivity contribution in [1.29, 1.82) is 0 Å². The number of nitrogens with zero attached hydrogens (tertiary/aromatic N) is 6. The Labute approximate surface area is 156 Å². The summed E-state index contributed by atoms with van der Waals surface area (Å²) in [6.45, 7) is 9.30. The van der Waals surface area contributed by atoms with Crippen molar-refractivity contribution in [3.63, 3.8) is 0 Å². The van der Waals surface area contributed by atoms with Gasteiger partial charge in [0.25, 0.3) is 0 Å². The molecule has 8 nitrogen and oxygen atoms in total. The first-order valence-electron chi connectivity index (χ1n) is 8.42. The topological polar surface area (TPSA) is 82.6 Å². The Morgan fingerprint density at radius 1 is 1.15 bits per heavy atom. The van der Waals surface area contributed by atoms with E-state index in [0.717, 1.165) is 23.5 Å². The third-order valence-electron chi connectivity index (χ3n) is 4.34. The molecule has 0 aliphatic carbocycles. The Hall–Kier alpha value is -2.61. The fourth-order valence-corrected chi connectivity index (χ4v) is 2.95. The van der Waals surface area contributed by atoms with Gasteiger partial charge < -0.3 is 5.32 Å². The second kappa shape index (κ2) is 7.33. The number of carbonyl (C=O) groups excluding carboxylic acids is 1. The third-order valence-corrected chi connectivity index (χ3v) is 4.89. The number of carbonyl (C=O) groups is 1. The fraction of sp³-hybridized carbons (Fsp3) is 0.412. The van der Waals surface area contributed by atoms with Crippen LogP contribution in [0.1, 0.15) is 29.6 Å². The molecule has 0 bridgehead atoms. The molecular formula is C17H22ClN7O. The summed E-state index contributed by atoms with van der Waals surface area (Å²) in [5.41, 5.74) is 4.36. The quantitative estimate of drug-likeness (QED) is 0.717. The van der Waals surface area contributed by atoms with Crippen molar-refractivity contribution in [3.05, 3.63) is 46.3 Å². The van der Waals surface area contributed by atoms with Gasteiger partial charge in [0.15, 0.2) is 0 Å². The number of rotatable bonds is 6. The normalized spacial score (nSPS) is 11.1. The summed E-state index contributed by atoms with van der Waals surface area (Å²) >= 11 is 6.11. The van der Waals surface area contributed by atoms with E-state index >= 15 is 0 Å². The molecule has 3 aromatic rings. The number of anilines is 1. The molecule has 3 heterocycles. The summed E-state index contributed by atoms with van der Waals surface area (Å²) in [6, 6.07) is 0. The molecule has 3 rings (SSSR count). The number of hydrogen-bond acceptors (Lipinski definition) is 4. The first-order chi connectivity index (χ1) is 12.4. The summed E-state index contributed by atoms with van der Waals surface area (Å²) in [7, 11) is 0. The monoisotopic (exact) mass is 375 g/mol. The third kappa shape index (κ3) is 3.65. The minimum Gasteiger partial charge on any atom is -0.322 e. The van der Waals surface area contributed by atoms with Crippen LogP contribution in [-0.2, 0) is 24.4 Å². The lowest BCUT2D eigenvalue weighted by Crippen LogP contribution is -2.20. The highest BCUT2D eigenvalue weighted by Crippen LogP contribution is 2.19. The Balaban J connectivity index is 1.63. The van der Waals surface area contributed by atoms with Crippen LogP contribution in [0, 0.1) is 20.8 Å². The van der Waals surface area contributed by atoms with E-state index < -0.39 is 0 Å². The van der Waals surface area contributed by atoms with Crippen molar-refractivity contribution in [2.45, 2.75) is 47.3 Å². The predicted molar refractivity (Wildman–Crippen MR) is 99.3 cm³/mol. The second-order valence-corrected chi connectivity index (χ2v) is 6.57. The molecule has 0 aliphatic rings. The smallest absolute Gasteiger partial charge is 0.246 e. The van der Waals surface area contributed by atoms with Crippen LogP contribution < -0.4 is 5.32 Å². The number of hydrogen-bond donors (Lipinski definition) is 1. The highest BCUT2D eigenvalue weighted by atomic mass is 35.5. The number of halogens is 1. The minimum atomic E-state index is -0.179. The minimum absolute atomic E-state index is 0.104. The van der Waals surface area contributed by atoms with Gasteiger partial charge in [0.1, 0.15) is 6.54 Å². The maximum absolute atomic E-state index is 12.3. The van der Waals surface area contributed by atoms with E-state index in [1.165, 1.54) is 0 Å². The molecule has 0 saturated heterocycles. The molecule has 9 heteroatoms. The van der Waals surface area contributed by atoms with Crippen LogP contribution in [0.25, 0.3) is 0 Å². The Morgan fingerprint density at radius 3 is 2.54 bits per heavy atom. The van der Waals surface area contributed by atoms with E-state index in [2.05, 4.69) is 27.5 Å². The SMILES string of the molecule is CCn1ncc(Cn2cc(NC(=O)Cn3nc(C)c(Cl)c3C)cn2)c1C. The average molecular weight is 376 g/mol. The van der Waals surface area contributed by atoms with Gasteiger partial charge in [-0.15, -0.1) is 0 Å². The molecule has 0 unspecified atom stereocenters. The van der Waals surface area contributed by atoms with Gasteiger partial charge in [-0.05, 0) is 27.7 Å². The largest absolute Gasteiger partial charge is 0.322 e. The number of nitrogens with one attached hydrogen (secondary N) is 1. The standard InChI is InChI=1S/C17H22ClN7O/c1-5-24-12(3)14(6-20-24)8-23-9-15(7-19-23)21-16(26)10-25-13(4)17(18)11(2)22-25/h6-7,9H,5,8,10H2,1-4H3,(H,21,26). The average Bonchev–Trinajstić information content (AvgIpc) is 3.25. The van der Waals surface area contributed by atoms with Gasteiger partial charge in [0, 0.05) is 24.0 Å². The molecule has 26 heavy (non-hydrogen) atoms. The molecule has 3 aromatic heterocycles. The zero-order valence-electron chi connectivity index (χ0n) is 15.3. The van der Waals surface area contributed by atoms with Gasteiger partial charge in [-0.3, -0.25) is 18.8 Å². The van der Waals surface area contributed by atoms with E-state index in [1.54, 1.807) is 21.8 Å². The lowest BCUT2D eigenvalue weighted by Gasteiger charge is -2.05. The molecule has 0 atom stereocenters. The van der Waals surface area contributed by atoms with E-state index in [-0.39, 0.29) is 12.5 Å².